The topological polar surface area (TPSA) is 56.5 Å². The van der Waals surface area contributed by atoms with Crippen molar-refractivity contribution >= 4 is 27.5 Å². The van der Waals surface area contributed by atoms with Crippen LogP contribution in [-0.2, 0) is 0 Å². The van der Waals surface area contributed by atoms with E-state index in [1.54, 1.807) is 0 Å². The molecular formula is C26H19N5. The maximum Gasteiger partial charge on any atom is 0.240 e. The van der Waals surface area contributed by atoms with Crippen molar-refractivity contribution < 1.29 is 0 Å². The minimum atomic E-state index is 0.577. The lowest BCUT2D eigenvalue weighted by Gasteiger charge is -2.11. The quantitative estimate of drug-likeness (QED) is 0.385. The van der Waals surface area contributed by atoms with Crippen molar-refractivity contribution in [1.29, 1.82) is 0 Å². The van der Waals surface area contributed by atoms with Gasteiger partial charge in [-0.05, 0) is 31.0 Å². The Labute approximate surface area is 179 Å². The molecule has 2 aromatic carbocycles. The summed E-state index contributed by atoms with van der Waals surface area (Å²) >= 11 is 0. The Bertz CT molecular complexity index is 1430. The van der Waals surface area contributed by atoms with E-state index in [0.29, 0.717) is 17.6 Å². The van der Waals surface area contributed by atoms with Gasteiger partial charge in [-0.3, -0.25) is 4.57 Å². The van der Waals surface area contributed by atoms with Crippen LogP contribution in [0.5, 0.6) is 0 Å². The van der Waals surface area contributed by atoms with E-state index in [0.717, 1.165) is 45.9 Å². The van der Waals surface area contributed by atoms with Crippen LogP contribution in [0, 0.1) is 0 Å². The average Bonchev–Trinajstić information content (AvgIpc) is 3.19. The Balaban J connectivity index is 1.67. The molecule has 31 heavy (non-hydrogen) atoms. The molecule has 1 aliphatic carbocycles. The molecule has 6 rings (SSSR count). The molecule has 5 nitrogen and oxygen atoms in total. The number of aromatic nitrogens is 5. The number of para-hydroxylation sites is 1. The Kier molecular flexibility index (Phi) is 4.17. The summed E-state index contributed by atoms with van der Waals surface area (Å²) in [6.07, 6.45) is 10.3. The first kappa shape index (κ1) is 17.7. The summed E-state index contributed by atoms with van der Waals surface area (Å²) in [5.74, 6) is 1.91. The summed E-state index contributed by atoms with van der Waals surface area (Å²) in [5, 5.41) is 2.21. The first-order chi connectivity index (χ1) is 15.4. The smallest absolute Gasteiger partial charge is 0.240 e. The molecule has 0 saturated heterocycles. The Morgan fingerprint density at radius 3 is 2.39 bits per heavy atom. The molecule has 0 fully saturated rings. The molecule has 0 atom stereocenters. The van der Waals surface area contributed by atoms with Gasteiger partial charge in [0.25, 0.3) is 0 Å². The number of benzene rings is 2. The van der Waals surface area contributed by atoms with Crippen LogP contribution >= 0.6 is 0 Å². The van der Waals surface area contributed by atoms with E-state index in [2.05, 4.69) is 41.4 Å². The second-order valence-electron chi connectivity index (χ2n) is 7.51. The average molecular weight is 401 g/mol. The molecule has 0 aliphatic heterocycles. The highest BCUT2D eigenvalue weighted by molar-refractivity contribution is 6.07. The van der Waals surface area contributed by atoms with Gasteiger partial charge in [-0.25, -0.2) is 9.97 Å². The highest BCUT2D eigenvalue weighted by atomic mass is 15.2. The second kappa shape index (κ2) is 7.29. The zero-order chi connectivity index (χ0) is 20.6. The van der Waals surface area contributed by atoms with Crippen LogP contribution in [-0.4, -0.2) is 24.5 Å². The third kappa shape index (κ3) is 3.02. The monoisotopic (exact) mass is 401 g/mol. The fraction of sp³-hybridized carbons (Fsp3) is 0.0769. The summed E-state index contributed by atoms with van der Waals surface area (Å²) in [6, 6.07) is 22.4. The van der Waals surface area contributed by atoms with Crippen molar-refractivity contribution in [3.63, 3.8) is 0 Å². The molecule has 0 N–H and O–H groups in total. The predicted octanol–water partition coefficient (Wildman–Crippen LogP) is 5.76. The number of allylic oxidation sites excluding steroid dienone is 4. The zero-order valence-electron chi connectivity index (χ0n) is 16.8. The summed E-state index contributed by atoms with van der Waals surface area (Å²) in [7, 11) is 0. The molecule has 0 saturated carbocycles. The van der Waals surface area contributed by atoms with Gasteiger partial charge in [0.15, 0.2) is 11.6 Å². The minimum absolute atomic E-state index is 0.577. The zero-order valence-corrected chi connectivity index (χ0v) is 16.8. The molecular weight excluding hydrogens is 382 g/mol. The molecule has 3 aromatic heterocycles. The van der Waals surface area contributed by atoms with Gasteiger partial charge in [0.1, 0.15) is 5.65 Å². The summed E-state index contributed by atoms with van der Waals surface area (Å²) < 4.78 is 2.04. The van der Waals surface area contributed by atoms with Gasteiger partial charge in [-0.2, -0.15) is 9.97 Å². The van der Waals surface area contributed by atoms with Crippen LogP contribution in [0.15, 0.2) is 91.2 Å². The SMILES string of the molecule is C1=CC(c2nc(-c3ccccc3)nc(-n3c4ccccc4c4cccnc43)n2)=CCC1. The standard InChI is InChI=1S/C26H19N5/c1-3-10-18(11-4-1)23-28-24(19-12-5-2-6-13-19)30-26(29-23)31-22-16-8-7-14-20(22)21-15-9-17-27-25(21)31/h1,3-5,7-17H,2,6H2. The molecule has 0 amide bonds. The molecule has 0 unspecified atom stereocenters. The van der Waals surface area contributed by atoms with Crippen LogP contribution < -0.4 is 0 Å². The highest BCUT2D eigenvalue weighted by Crippen LogP contribution is 2.30. The van der Waals surface area contributed by atoms with E-state index in [1.165, 1.54) is 0 Å². The lowest BCUT2D eigenvalue weighted by molar-refractivity contribution is 0.920. The number of hydrogen-bond acceptors (Lipinski definition) is 4. The van der Waals surface area contributed by atoms with Gasteiger partial charge < -0.3 is 0 Å². The van der Waals surface area contributed by atoms with Crippen molar-refractivity contribution in [2.24, 2.45) is 0 Å². The Morgan fingerprint density at radius 1 is 0.710 bits per heavy atom. The fourth-order valence-electron chi connectivity index (χ4n) is 4.09. The first-order valence-corrected chi connectivity index (χ1v) is 10.4. The van der Waals surface area contributed by atoms with Crippen molar-refractivity contribution in [2.75, 3.05) is 0 Å². The normalized spacial score (nSPS) is 13.6. The maximum absolute atomic E-state index is 4.91. The van der Waals surface area contributed by atoms with Crippen molar-refractivity contribution in [3.05, 3.63) is 97.0 Å². The summed E-state index contributed by atoms with van der Waals surface area (Å²) in [6.45, 7) is 0. The third-order valence-electron chi connectivity index (χ3n) is 5.54. The Morgan fingerprint density at radius 2 is 1.52 bits per heavy atom. The second-order valence-corrected chi connectivity index (χ2v) is 7.51. The molecule has 0 bridgehead atoms. The van der Waals surface area contributed by atoms with Gasteiger partial charge in [0.05, 0.1) is 5.52 Å². The van der Waals surface area contributed by atoms with E-state index < -0.39 is 0 Å². The fourth-order valence-corrected chi connectivity index (χ4v) is 4.09. The van der Waals surface area contributed by atoms with Gasteiger partial charge in [0, 0.05) is 28.1 Å². The van der Waals surface area contributed by atoms with Gasteiger partial charge in [-0.1, -0.05) is 66.8 Å². The van der Waals surface area contributed by atoms with Gasteiger partial charge in [-0.15, -0.1) is 0 Å². The predicted molar refractivity (Wildman–Crippen MR) is 124 cm³/mol. The number of nitrogens with zero attached hydrogens (tertiary/aromatic N) is 5. The van der Waals surface area contributed by atoms with Gasteiger partial charge >= 0.3 is 0 Å². The van der Waals surface area contributed by atoms with Gasteiger partial charge in [0.2, 0.25) is 5.95 Å². The number of rotatable bonds is 3. The van der Waals surface area contributed by atoms with E-state index in [4.69, 9.17) is 15.0 Å². The van der Waals surface area contributed by atoms with E-state index in [-0.39, 0.29) is 0 Å². The maximum atomic E-state index is 4.91. The molecule has 0 radical (unpaired) electrons. The lowest BCUT2D eigenvalue weighted by Crippen LogP contribution is -2.08. The first-order valence-electron chi connectivity index (χ1n) is 10.4. The van der Waals surface area contributed by atoms with Crippen molar-refractivity contribution in [1.82, 2.24) is 24.5 Å². The number of pyridine rings is 1. The van der Waals surface area contributed by atoms with Crippen molar-refractivity contribution in [2.45, 2.75) is 12.8 Å². The number of fused-ring (bicyclic) bond motifs is 3. The summed E-state index contributed by atoms with van der Waals surface area (Å²) in [4.78, 5) is 19.3. The molecule has 1 aliphatic rings. The molecule has 5 aromatic rings. The Hall–Kier alpha value is -4.12. The van der Waals surface area contributed by atoms with E-state index >= 15 is 0 Å². The lowest BCUT2D eigenvalue weighted by atomic mass is 10.1. The third-order valence-corrected chi connectivity index (χ3v) is 5.54. The van der Waals surface area contributed by atoms with Crippen LogP contribution in [0.4, 0.5) is 0 Å². The molecule has 5 heteroatoms. The number of hydrogen-bond donors (Lipinski definition) is 0. The molecule has 3 heterocycles. The largest absolute Gasteiger partial charge is 0.262 e. The van der Waals surface area contributed by atoms with Crippen LogP contribution in [0.25, 0.3) is 44.8 Å². The minimum Gasteiger partial charge on any atom is -0.262 e. The molecule has 148 valence electrons. The molecule has 0 spiro atoms. The van der Waals surface area contributed by atoms with Crippen LogP contribution in [0.1, 0.15) is 18.7 Å². The van der Waals surface area contributed by atoms with E-state index in [9.17, 15) is 0 Å². The van der Waals surface area contributed by atoms with E-state index in [1.807, 2.05) is 59.3 Å². The van der Waals surface area contributed by atoms with Crippen LogP contribution in [0.3, 0.4) is 0 Å². The van der Waals surface area contributed by atoms with Crippen molar-refractivity contribution in [3.8, 4) is 17.3 Å². The summed E-state index contributed by atoms with van der Waals surface area (Å²) in [5.41, 5.74) is 3.86. The van der Waals surface area contributed by atoms with Crippen LogP contribution in [0.2, 0.25) is 0 Å². The highest BCUT2D eigenvalue weighted by Gasteiger charge is 2.18.